The molecule has 0 aliphatic heterocycles. The van der Waals surface area contributed by atoms with Gasteiger partial charge in [-0.1, -0.05) is 25.4 Å². The third-order valence-corrected chi connectivity index (χ3v) is 3.88. The summed E-state index contributed by atoms with van der Waals surface area (Å²) in [5.74, 6) is 0.646. The molecule has 1 aromatic carbocycles. The van der Waals surface area contributed by atoms with Gasteiger partial charge in [0.25, 0.3) is 0 Å². The molecule has 2 N–H and O–H groups in total. The summed E-state index contributed by atoms with van der Waals surface area (Å²) in [7, 11) is 0. The van der Waals surface area contributed by atoms with Crippen molar-refractivity contribution in [3.05, 3.63) is 28.8 Å². The number of carboxylic acid groups (broad SMARTS) is 1. The Bertz CT molecular complexity index is 491. The number of carbonyl (C=O) groups excluding carboxylic acids is 1. The molecule has 110 valence electrons. The van der Waals surface area contributed by atoms with Crippen molar-refractivity contribution in [2.75, 3.05) is 16.8 Å². The molecular formula is C14H18ClNO3S. The highest BCUT2D eigenvalue weighted by Gasteiger charge is 2.10. The Balaban J connectivity index is 2.53. The van der Waals surface area contributed by atoms with E-state index in [1.165, 1.54) is 18.2 Å². The lowest BCUT2D eigenvalue weighted by molar-refractivity contribution is -0.113. The molecule has 0 unspecified atom stereocenters. The van der Waals surface area contributed by atoms with Gasteiger partial charge in [-0.2, -0.15) is 11.8 Å². The summed E-state index contributed by atoms with van der Waals surface area (Å²) in [4.78, 5) is 22.6. The zero-order valence-electron chi connectivity index (χ0n) is 11.5. The number of halogens is 1. The van der Waals surface area contributed by atoms with E-state index in [1.807, 2.05) is 0 Å². The number of carboxylic acids is 1. The zero-order valence-corrected chi connectivity index (χ0v) is 13.1. The van der Waals surface area contributed by atoms with Crippen LogP contribution in [0.4, 0.5) is 5.69 Å². The van der Waals surface area contributed by atoms with Crippen LogP contribution in [-0.2, 0) is 4.79 Å². The summed E-state index contributed by atoms with van der Waals surface area (Å²) in [6.45, 7) is 4.27. The number of thioether (sulfide) groups is 1. The van der Waals surface area contributed by atoms with Crippen molar-refractivity contribution in [3.8, 4) is 0 Å². The van der Waals surface area contributed by atoms with Crippen molar-refractivity contribution in [2.24, 2.45) is 5.92 Å². The predicted octanol–water partition coefficient (Wildman–Crippen LogP) is 3.76. The van der Waals surface area contributed by atoms with Gasteiger partial charge in [0.2, 0.25) is 5.91 Å². The number of aromatic carboxylic acids is 1. The lowest BCUT2D eigenvalue weighted by atomic mass is 10.2. The first-order valence-electron chi connectivity index (χ1n) is 6.30. The number of hydrogen-bond donors (Lipinski definition) is 2. The van der Waals surface area contributed by atoms with Gasteiger partial charge in [-0.3, -0.25) is 4.79 Å². The molecule has 0 aliphatic rings. The van der Waals surface area contributed by atoms with Gasteiger partial charge in [-0.25, -0.2) is 4.79 Å². The molecule has 0 heterocycles. The SMILES string of the molecule is CC(C)CCSCC(=O)Nc1cc(C(=O)O)ccc1Cl. The van der Waals surface area contributed by atoms with Crippen LogP contribution < -0.4 is 5.32 Å². The molecule has 0 fully saturated rings. The minimum absolute atomic E-state index is 0.0946. The summed E-state index contributed by atoms with van der Waals surface area (Å²) >= 11 is 7.49. The van der Waals surface area contributed by atoms with E-state index in [4.69, 9.17) is 16.7 Å². The summed E-state index contributed by atoms with van der Waals surface area (Å²) in [5, 5.41) is 11.9. The Morgan fingerprint density at radius 3 is 2.70 bits per heavy atom. The molecule has 0 bridgehead atoms. The molecular weight excluding hydrogens is 298 g/mol. The Labute approximate surface area is 127 Å². The molecule has 0 aliphatic carbocycles. The fourth-order valence-corrected chi connectivity index (χ4v) is 2.63. The molecule has 0 saturated carbocycles. The first kappa shape index (κ1) is 16.9. The number of anilines is 1. The normalized spacial score (nSPS) is 10.6. The van der Waals surface area contributed by atoms with Gasteiger partial charge >= 0.3 is 5.97 Å². The van der Waals surface area contributed by atoms with Crippen LogP contribution in [0.2, 0.25) is 5.02 Å². The monoisotopic (exact) mass is 315 g/mol. The molecule has 0 saturated heterocycles. The lowest BCUT2D eigenvalue weighted by Crippen LogP contribution is -2.15. The van der Waals surface area contributed by atoms with E-state index in [0.29, 0.717) is 22.4 Å². The topological polar surface area (TPSA) is 66.4 Å². The van der Waals surface area contributed by atoms with Crippen molar-refractivity contribution >= 4 is 40.9 Å². The molecule has 1 aromatic rings. The lowest BCUT2D eigenvalue weighted by Gasteiger charge is -2.08. The van der Waals surface area contributed by atoms with Crippen LogP contribution in [-0.4, -0.2) is 28.5 Å². The van der Waals surface area contributed by atoms with E-state index in [-0.39, 0.29) is 11.5 Å². The third kappa shape index (κ3) is 5.84. The quantitative estimate of drug-likeness (QED) is 0.752. The highest BCUT2D eigenvalue weighted by molar-refractivity contribution is 7.99. The van der Waals surface area contributed by atoms with Gasteiger partial charge in [-0.05, 0) is 36.3 Å². The number of nitrogens with one attached hydrogen (secondary N) is 1. The van der Waals surface area contributed by atoms with Gasteiger partial charge < -0.3 is 10.4 Å². The zero-order chi connectivity index (χ0) is 15.1. The van der Waals surface area contributed by atoms with Crippen LogP contribution in [0.1, 0.15) is 30.6 Å². The molecule has 1 rings (SSSR count). The minimum Gasteiger partial charge on any atom is -0.478 e. The van der Waals surface area contributed by atoms with E-state index >= 15 is 0 Å². The van der Waals surface area contributed by atoms with Gasteiger partial charge in [0, 0.05) is 0 Å². The second-order valence-electron chi connectivity index (χ2n) is 4.78. The number of rotatable bonds is 7. The summed E-state index contributed by atoms with van der Waals surface area (Å²) < 4.78 is 0. The summed E-state index contributed by atoms with van der Waals surface area (Å²) in [6.07, 6.45) is 1.06. The van der Waals surface area contributed by atoms with Crippen LogP contribution in [0.3, 0.4) is 0 Å². The van der Waals surface area contributed by atoms with Crippen molar-refractivity contribution < 1.29 is 14.7 Å². The first-order chi connectivity index (χ1) is 9.40. The Kier molecular flexibility index (Phi) is 6.88. The molecule has 4 nitrogen and oxygen atoms in total. The van der Waals surface area contributed by atoms with Crippen molar-refractivity contribution in [1.82, 2.24) is 0 Å². The second kappa shape index (κ2) is 8.17. The van der Waals surface area contributed by atoms with E-state index in [9.17, 15) is 9.59 Å². The molecule has 6 heteroatoms. The third-order valence-electron chi connectivity index (χ3n) is 2.56. The van der Waals surface area contributed by atoms with Crippen molar-refractivity contribution in [1.29, 1.82) is 0 Å². The number of carbonyl (C=O) groups is 2. The van der Waals surface area contributed by atoms with Crippen molar-refractivity contribution in [3.63, 3.8) is 0 Å². The van der Waals surface area contributed by atoms with E-state index in [1.54, 1.807) is 11.8 Å². The highest BCUT2D eigenvalue weighted by atomic mass is 35.5. The van der Waals surface area contributed by atoms with Gasteiger partial charge in [-0.15, -0.1) is 0 Å². The van der Waals surface area contributed by atoms with Crippen LogP contribution in [0, 0.1) is 5.92 Å². The van der Waals surface area contributed by atoms with Crippen molar-refractivity contribution in [2.45, 2.75) is 20.3 Å². The molecule has 20 heavy (non-hydrogen) atoms. The van der Waals surface area contributed by atoms with Gasteiger partial charge in [0.05, 0.1) is 22.0 Å². The van der Waals surface area contributed by atoms with Crippen LogP contribution in [0.15, 0.2) is 18.2 Å². The van der Waals surface area contributed by atoms with E-state index in [2.05, 4.69) is 19.2 Å². The maximum atomic E-state index is 11.8. The van der Waals surface area contributed by atoms with E-state index < -0.39 is 5.97 Å². The molecule has 0 aromatic heterocycles. The van der Waals surface area contributed by atoms with Gasteiger partial charge in [0.1, 0.15) is 0 Å². The average molecular weight is 316 g/mol. The maximum Gasteiger partial charge on any atom is 0.335 e. The second-order valence-corrected chi connectivity index (χ2v) is 6.30. The summed E-state index contributed by atoms with van der Waals surface area (Å²) in [6, 6.07) is 4.23. The Morgan fingerprint density at radius 2 is 2.10 bits per heavy atom. The van der Waals surface area contributed by atoms with Crippen LogP contribution >= 0.6 is 23.4 Å². The largest absolute Gasteiger partial charge is 0.478 e. The smallest absolute Gasteiger partial charge is 0.335 e. The first-order valence-corrected chi connectivity index (χ1v) is 7.84. The minimum atomic E-state index is -1.05. The predicted molar refractivity (Wildman–Crippen MR) is 83.8 cm³/mol. The molecule has 1 amide bonds. The van der Waals surface area contributed by atoms with E-state index in [0.717, 1.165) is 12.2 Å². The van der Waals surface area contributed by atoms with Crippen LogP contribution in [0.5, 0.6) is 0 Å². The van der Waals surface area contributed by atoms with Gasteiger partial charge in [0.15, 0.2) is 0 Å². The summed E-state index contributed by atoms with van der Waals surface area (Å²) in [5.41, 5.74) is 0.429. The fraction of sp³-hybridized carbons (Fsp3) is 0.429. The number of amides is 1. The van der Waals surface area contributed by atoms with Crippen LogP contribution in [0.25, 0.3) is 0 Å². The molecule has 0 radical (unpaired) electrons. The number of benzene rings is 1. The highest BCUT2D eigenvalue weighted by Crippen LogP contribution is 2.23. The molecule has 0 atom stereocenters. The Hall–Kier alpha value is -1.20. The average Bonchev–Trinajstić information content (AvgIpc) is 2.37. The number of hydrogen-bond acceptors (Lipinski definition) is 3. The maximum absolute atomic E-state index is 11.8. The molecule has 0 spiro atoms. The fourth-order valence-electron chi connectivity index (χ4n) is 1.42. The Morgan fingerprint density at radius 1 is 1.40 bits per heavy atom. The standard InChI is InChI=1S/C14H18ClNO3S/c1-9(2)5-6-20-8-13(17)16-12-7-10(14(18)19)3-4-11(12)15/h3-4,7,9H,5-6,8H2,1-2H3,(H,16,17)(H,18,19).